The number of hydrogen-bond acceptors (Lipinski definition) is 6. The molecule has 1 aromatic heterocycles. The quantitative estimate of drug-likeness (QED) is 0.517. The average molecular weight is 405 g/mol. The summed E-state index contributed by atoms with van der Waals surface area (Å²) in [6.45, 7) is 4.84. The van der Waals surface area contributed by atoms with Gasteiger partial charge in [0.1, 0.15) is 0 Å². The first kappa shape index (κ1) is 19.8. The zero-order valence-corrected chi connectivity index (χ0v) is 16.7. The summed E-state index contributed by atoms with van der Waals surface area (Å²) >= 11 is 0. The predicted molar refractivity (Wildman–Crippen MR) is 117 cm³/mol. The molecule has 4 rings (SSSR count). The number of nitro benzene ring substituents is 1. The van der Waals surface area contributed by atoms with E-state index in [1.165, 1.54) is 0 Å². The minimum absolute atomic E-state index is 0.0264. The summed E-state index contributed by atoms with van der Waals surface area (Å²) < 4.78 is 0. The van der Waals surface area contributed by atoms with Crippen molar-refractivity contribution < 1.29 is 9.72 Å². The fraction of sp³-hybridized carbons (Fsp3) is 0.273. The van der Waals surface area contributed by atoms with Crippen LogP contribution >= 0.6 is 0 Å². The van der Waals surface area contributed by atoms with Crippen LogP contribution in [0.15, 0.2) is 60.9 Å². The van der Waals surface area contributed by atoms with E-state index in [-0.39, 0.29) is 22.6 Å². The second-order valence-corrected chi connectivity index (χ2v) is 7.34. The molecule has 1 fully saturated rings. The molecule has 0 unspecified atom stereocenters. The largest absolute Gasteiger partial charge is 0.368 e. The van der Waals surface area contributed by atoms with Crippen LogP contribution < -0.4 is 10.2 Å². The number of nitro groups is 1. The zero-order chi connectivity index (χ0) is 21.1. The molecule has 30 heavy (non-hydrogen) atoms. The molecule has 1 atom stereocenters. The van der Waals surface area contributed by atoms with E-state index in [0.717, 1.165) is 42.9 Å². The lowest BCUT2D eigenvalue weighted by atomic mass is 10.1. The number of benzene rings is 2. The van der Waals surface area contributed by atoms with E-state index in [2.05, 4.69) is 20.1 Å². The van der Waals surface area contributed by atoms with Gasteiger partial charge in [0.25, 0.3) is 5.69 Å². The summed E-state index contributed by atoms with van der Waals surface area (Å²) in [6.07, 6.45) is 3.20. The highest BCUT2D eigenvalue weighted by molar-refractivity contribution is 5.99. The van der Waals surface area contributed by atoms with Crippen molar-refractivity contribution in [2.75, 3.05) is 36.4 Å². The van der Waals surface area contributed by atoms with Gasteiger partial charge in [0.2, 0.25) is 5.91 Å². The lowest BCUT2D eigenvalue weighted by molar-refractivity contribution is -0.383. The molecule has 0 bridgehead atoms. The number of hydrogen-bond donors (Lipinski definition) is 1. The van der Waals surface area contributed by atoms with Crippen molar-refractivity contribution in [1.29, 1.82) is 0 Å². The van der Waals surface area contributed by atoms with E-state index in [4.69, 9.17) is 0 Å². The Morgan fingerprint density at radius 1 is 1.07 bits per heavy atom. The first-order chi connectivity index (χ1) is 14.5. The topological polar surface area (TPSA) is 91.6 Å². The van der Waals surface area contributed by atoms with Crippen molar-refractivity contribution in [2.24, 2.45) is 0 Å². The third-order valence-electron chi connectivity index (χ3n) is 5.59. The third kappa shape index (κ3) is 3.95. The van der Waals surface area contributed by atoms with Crippen molar-refractivity contribution in [3.63, 3.8) is 0 Å². The number of anilines is 2. The summed E-state index contributed by atoms with van der Waals surface area (Å²) in [6, 6.07) is 14.4. The zero-order valence-electron chi connectivity index (χ0n) is 16.7. The number of piperazine rings is 1. The Kier molecular flexibility index (Phi) is 5.58. The molecule has 1 aliphatic rings. The summed E-state index contributed by atoms with van der Waals surface area (Å²) in [5.74, 6) is -0.0264. The van der Waals surface area contributed by atoms with Crippen LogP contribution in [0.3, 0.4) is 0 Å². The Labute approximate surface area is 174 Å². The highest BCUT2D eigenvalue weighted by Gasteiger charge is 2.27. The van der Waals surface area contributed by atoms with Crippen LogP contribution in [0.4, 0.5) is 17.1 Å². The van der Waals surface area contributed by atoms with Crippen LogP contribution in [0.5, 0.6) is 0 Å². The van der Waals surface area contributed by atoms with E-state index in [1.54, 1.807) is 18.5 Å². The number of aromatic nitrogens is 1. The van der Waals surface area contributed by atoms with Gasteiger partial charge in [-0.05, 0) is 31.2 Å². The summed E-state index contributed by atoms with van der Waals surface area (Å²) in [5, 5.41) is 15.7. The lowest BCUT2D eigenvalue weighted by Gasteiger charge is -2.38. The van der Waals surface area contributed by atoms with E-state index in [1.807, 2.05) is 49.4 Å². The van der Waals surface area contributed by atoms with Gasteiger partial charge in [0, 0.05) is 61.4 Å². The van der Waals surface area contributed by atoms with Gasteiger partial charge in [-0.2, -0.15) is 0 Å². The van der Waals surface area contributed by atoms with Crippen molar-refractivity contribution in [3.05, 3.63) is 71.0 Å². The minimum Gasteiger partial charge on any atom is -0.368 e. The SMILES string of the molecule is C[C@@H](C(=O)Nc1ccccc1)N1CCN(c2ccc([N+](=O)[O-])c3cnccc23)CC1. The Morgan fingerprint density at radius 2 is 1.80 bits per heavy atom. The molecule has 0 saturated carbocycles. The number of nitrogens with one attached hydrogen (secondary N) is 1. The molecule has 0 aliphatic carbocycles. The molecule has 1 saturated heterocycles. The molecule has 1 amide bonds. The highest BCUT2D eigenvalue weighted by atomic mass is 16.6. The first-order valence-electron chi connectivity index (χ1n) is 9.90. The number of nitrogens with zero attached hydrogens (tertiary/aromatic N) is 4. The normalized spacial score (nSPS) is 15.7. The van der Waals surface area contributed by atoms with E-state index < -0.39 is 0 Å². The molecular formula is C22H23N5O3. The Balaban J connectivity index is 1.45. The van der Waals surface area contributed by atoms with E-state index in [0.29, 0.717) is 5.39 Å². The number of para-hydroxylation sites is 1. The second-order valence-electron chi connectivity index (χ2n) is 7.34. The van der Waals surface area contributed by atoms with Crippen LogP contribution in [-0.2, 0) is 4.79 Å². The van der Waals surface area contributed by atoms with Crippen LogP contribution in [0.25, 0.3) is 10.8 Å². The van der Waals surface area contributed by atoms with E-state index >= 15 is 0 Å². The third-order valence-corrected chi connectivity index (χ3v) is 5.59. The number of rotatable bonds is 5. The first-order valence-corrected chi connectivity index (χ1v) is 9.90. The number of fused-ring (bicyclic) bond motifs is 1. The van der Waals surface area contributed by atoms with Crippen molar-refractivity contribution in [1.82, 2.24) is 9.88 Å². The lowest BCUT2D eigenvalue weighted by Crippen LogP contribution is -2.52. The molecule has 154 valence electrons. The molecule has 1 aliphatic heterocycles. The van der Waals surface area contributed by atoms with Crippen molar-refractivity contribution in [3.8, 4) is 0 Å². The van der Waals surface area contributed by atoms with Crippen LogP contribution in [0.2, 0.25) is 0 Å². The summed E-state index contributed by atoms with van der Waals surface area (Å²) in [4.78, 5) is 32.0. The van der Waals surface area contributed by atoms with Crippen molar-refractivity contribution >= 4 is 33.7 Å². The Bertz CT molecular complexity index is 1060. The van der Waals surface area contributed by atoms with Gasteiger partial charge in [-0.15, -0.1) is 0 Å². The van der Waals surface area contributed by atoms with Crippen molar-refractivity contribution in [2.45, 2.75) is 13.0 Å². The number of amides is 1. The summed E-state index contributed by atoms with van der Waals surface area (Å²) in [7, 11) is 0. The Morgan fingerprint density at radius 3 is 2.50 bits per heavy atom. The van der Waals surface area contributed by atoms with Gasteiger partial charge < -0.3 is 10.2 Å². The maximum Gasteiger partial charge on any atom is 0.278 e. The molecule has 8 heteroatoms. The number of carbonyl (C=O) groups excluding carboxylic acids is 1. The molecule has 2 aromatic carbocycles. The second kappa shape index (κ2) is 8.46. The smallest absolute Gasteiger partial charge is 0.278 e. The molecule has 1 N–H and O–H groups in total. The highest BCUT2D eigenvalue weighted by Crippen LogP contribution is 2.33. The molecule has 2 heterocycles. The van der Waals surface area contributed by atoms with Gasteiger partial charge in [-0.1, -0.05) is 18.2 Å². The number of non-ortho nitro benzene ring substituents is 1. The average Bonchev–Trinajstić information content (AvgIpc) is 2.78. The van der Waals surface area contributed by atoms with Gasteiger partial charge >= 0.3 is 0 Å². The maximum absolute atomic E-state index is 12.6. The van der Waals surface area contributed by atoms with Crippen LogP contribution in [0, 0.1) is 10.1 Å². The van der Waals surface area contributed by atoms with Gasteiger partial charge in [0.15, 0.2) is 0 Å². The van der Waals surface area contributed by atoms with Gasteiger partial charge in [-0.25, -0.2) is 0 Å². The van der Waals surface area contributed by atoms with Crippen LogP contribution in [-0.4, -0.2) is 52.9 Å². The fourth-order valence-electron chi connectivity index (χ4n) is 3.88. The molecule has 0 radical (unpaired) electrons. The van der Waals surface area contributed by atoms with Crippen LogP contribution in [0.1, 0.15) is 6.92 Å². The standard InChI is InChI=1S/C22H23N5O3/c1-16(22(28)24-17-5-3-2-4-6-17)25-11-13-26(14-12-25)20-7-8-21(27(29)30)19-15-23-10-9-18(19)20/h2-10,15-16H,11-14H2,1H3,(H,24,28)/t16-/m0/s1. The summed E-state index contributed by atoms with van der Waals surface area (Å²) in [5.41, 5.74) is 1.81. The number of pyridine rings is 1. The van der Waals surface area contributed by atoms with Gasteiger partial charge in [0.05, 0.1) is 16.4 Å². The molecule has 8 nitrogen and oxygen atoms in total. The van der Waals surface area contributed by atoms with Gasteiger partial charge in [-0.3, -0.25) is 24.8 Å². The van der Waals surface area contributed by atoms with E-state index in [9.17, 15) is 14.9 Å². The maximum atomic E-state index is 12.6. The fourth-order valence-corrected chi connectivity index (χ4v) is 3.88. The minimum atomic E-state index is -0.376. The number of carbonyl (C=O) groups is 1. The molecule has 3 aromatic rings. The monoisotopic (exact) mass is 405 g/mol. The molecule has 0 spiro atoms. The molecular weight excluding hydrogens is 382 g/mol. The Hall–Kier alpha value is -3.52. The predicted octanol–water partition coefficient (Wildman–Crippen LogP) is 3.29.